The van der Waals surface area contributed by atoms with Crippen LogP contribution >= 0.6 is 12.2 Å². The van der Waals surface area contributed by atoms with Crippen LogP contribution in [0.15, 0.2) is 24.3 Å². The first-order valence-corrected chi connectivity index (χ1v) is 5.85. The van der Waals surface area contributed by atoms with Crippen LogP contribution in [0.2, 0.25) is 0 Å². The second-order valence-electron chi connectivity index (χ2n) is 3.93. The van der Waals surface area contributed by atoms with E-state index in [0.29, 0.717) is 6.04 Å². The van der Waals surface area contributed by atoms with E-state index >= 15 is 0 Å². The molecular weight excluding hydrogens is 204 g/mol. The third kappa shape index (κ3) is 3.20. The zero-order valence-corrected chi connectivity index (χ0v) is 9.73. The molecule has 1 fully saturated rings. The second-order valence-corrected chi connectivity index (χ2v) is 4.33. The van der Waals surface area contributed by atoms with Crippen molar-refractivity contribution >= 4 is 23.0 Å². The molecule has 1 aromatic carbocycles. The minimum atomic E-state index is 0.611. The summed E-state index contributed by atoms with van der Waals surface area (Å²) >= 11 is 5.21. The molecule has 1 aliphatic carbocycles. The summed E-state index contributed by atoms with van der Waals surface area (Å²) in [5, 5.41) is 7.21. The smallest absolute Gasteiger partial charge is 0.170 e. The van der Waals surface area contributed by atoms with Gasteiger partial charge in [0.25, 0.3) is 0 Å². The van der Waals surface area contributed by atoms with Crippen molar-refractivity contribution in [2.75, 3.05) is 5.32 Å². The fourth-order valence-corrected chi connectivity index (χ4v) is 1.73. The van der Waals surface area contributed by atoms with E-state index in [0.717, 1.165) is 17.2 Å². The molecule has 3 heteroatoms. The van der Waals surface area contributed by atoms with Gasteiger partial charge in [0.1, 0.15) is 0 Å². The van der Waals surface area contributed by atoms with Gasteiger partial charge in [0.2, 0.25) is 0 Å². The molecule has 1 saturated carbocycles. The van der Waals surface area contributed by atoms with E-state index in [-0.39, 0.29) is 0 Å². The van der Waals surface area contributed by atoms with Gasteiger partial charge < -0.3 is 10.6 Å². The molecule has 15 heavy (non-hydrogen) atoms. The molecule has 2 nitrogen and oxygen atoms in total. The fraction of sp³-hybridized carbons (Fsp3) is 0.417. The maximum atomic E-state index is 5.21. The van der Waals surface area contributed by atoms with E-state index in [9.17, 15) is 0 Å². The predicted molar refractivity (Wildman–Crippen MR) is 68.2 cm³/mol. The average molecular weight is 220 g/mol. The number of thiocarbonyl (C=S) groups is 1. The van der Waals surface area contributed by atoms with Crippen molar-refractivity contribution in [2.45, 2.75) is 32.2 Å². The molecule has 1 aromatic rings. The van der Waals surface area contributed by atoms with E-state index in [1.54, 1.807) is 0 Å². The number of hydrogen-bond acceptors (Lipinski definition) is 1. The Morgan fingerprint density at radius 3 is 2.93 bits per heavy atom. The van der Waals surface area contributed by atoms with Gasteiger partial charge in [-0.2, -0.15) is 0 Å². The van der Waals surface area contributed by atoms with Gasteiger partial charge in [-0.1, -0.05) is 19.1 Å². The molecule has 0 atom stereocenters. The lowest BCUT2D eigenvalue weighted by Crippen LogP contribution is -2.30. The van der Waals surface area contributed by atoms with Crippen molar-refractivity contribution in [1.29, 1.82) is 0 Å². The van der Waals surface area contributed by atoms with E-state index in [1.807, 2.05) is 6.07 Å². The van der Waals surface area contributed by atoms with Gasteiger partial charge in [0, 0.05) is 11.7 Å². The highest BCUT2D eigenvalue weighted by atomic mass is 32.1. The molecule has 0 amide bonds. The molecule has 1 aliphatic rings. The van der Waals surface area contributed by atoms with Gasteiger partial charge in [0.15, 0.2) is 5.11 Å². The molecular formula is C12H16N2S. The third-order valence-corrected chi connectivity index (χ3v) is 2.73. The summed E-state index contributed by atoms with van der Waals surface area (Å²) in [5.41, 5.74) is 2.40. The number of aryl methyl sites for hydroxylation is 1. The van der Waals surface area contributed by atoms with Crippen molar-refractivity contribution in [3.63, 3.8) is 0 Å². The zero-order chi connectivity index (χ0) is 10.7. The van der Waals surface area contributed by atoms with Gasteiger partial charge in [0.05, 0.1) is 0 Å². The highest BCUT2D eigenvalue weighted by molar-refractivity contribution is 7.80. The summed E-state index contributed by atoms with van der Waals surface area (Å²) in [4.78, 5) is 0. The molecule has 2 rings (SSSR count). The van der Waals surface area contributed by atoms with Crippen molar-refractivity contribution < 1.29 is 0 Å². The van der Waals surface area contributed by atoms with Crippen LogP contribution < -0.4 is 10.6 Å². The predicted octanol–water partition coefficient (Wildman–Crippen LogP) is 2.70. The van der Waals surface area contributed by atoms with E-state index in [2.05, 4.69) is 35.8 Å². The van der Waals surface area contributed by atoms with Crippen LogP contribution in [0.3, 0.4) is 0 Å². The number of hydrogen-bond donors (Lipinski definition) is 2. The standard InChI is InChI=1S/C12H16N2S/c1-2-9-4-3-5-11(8-9)14-12(15)13-10-6-7-10/h3-5,8,10H,2,6-7H2,1H3,(H2,13,14,15). The topological polar surface area (TPSA) is 24.1 Å². The van der Waals surface area contributed by atoms with Crippen LogP contribution in [0.1, 0.15) is 25.3 Å². The SMILES string of the molecule is CCc1cccc(NC(=S)NC2CC2)c1. The van der Waals surface area contributed by atoms with Gasteiger partial charge in [-0.3, -0.25) is 0 Å². The normalized spacial score (nSPS) is 14.7. The molecule has 0 spiro atoms. The highest BCUT2D eigenvalue weighted by Crippen LogP contribution is 2.19. The van der Waals surface area contributed by atoms with Gasteiger partial charge in [-0.25, -0.2) is 0 Å². The highest BCUT2D eigenvalue weighted by Gasteiger charge is 2.21. The summed E-state index contributed by atoms with van der Waals surface area (Å²) < 4.78 is 0. The minimum absolute atomic E-state index is 0.611. The van der Waals surface area contributed by atoms with Crippen LogP contribution in [0.4, 0.5) is 5.69 Å². The zero-order valence-electron chi connectivity index (χ0n) is 8.92. The molecule has 0 aromatic heterocycles. The van der Waals surface area contributed by atoms with Gasteiger partial charge in [-0.15, -0.1) is 0 Å². The Bertz CT molecular complexity index is 358. The summed E-state index contributed by atoms with van der Waals surface area (Å²) in [6, 6.07) is 8.98. The van der Waals surface area contributed by atoms with Crippen molar-refractivity contribution in [3.05, 3.63) is 29.8 Å². The lowest BCUT2D eigenvalue weighted by atomic mass is 10.1. The molecule has 0 saturated heterocycles. The summed E-state index contributed by atoms with van der Waals surface area (Å²) in [5.74, 6) is 0. The Hall–Kier alpha value is -1.09. The Labute approximate surface area is 96.1 Å². The van der Waals surface area contributed by atoms with Gasteiger partial charge in [-0.05, 0) is 49.2 Å². The maximum Gasteiger partial charge on any atom is 0.170 e. The number of nitrogens with one attached hydrogen (secondary N) is 2. The summed E-state index contributed by atoms with van der Waals surface area (Å²) in [6.07, 6.45) is 3.55. The molecule has 0 bridgehead atoms. The Balaban J connectivity index is 1.93. The van der Waals surface area contributed by atoms with Crippen LogP contribution in [0.25, 0.3) is 0 Å². The monoisotopic (exact) mass is 220 g/mol. The van der Waals surface area contributed by atoms with Gasteiger partial charge >= 0.3 is 0 Å². The Kier molecular flexibility index (Phi) is 3.21. The largest absolute Gasteiger partial charge is 0.360 e. The molecule has 80 valence electrons. The maximum absolute atomic E-state index is 5.21. The Morgan fingerprint density at radius 1 is 1.47 bits per heavy atom. The lowest BCUT2D eigenvalue weighted by molar-refractivity contribution is 0.919. The molecule has 0 heterocycles. The molecule has 0 unspecified atom stereocenters. The van der Waals surface area contributed by atoms with E-state index < -0.39 is 0 Å². The molecule has 0 aliphatic heterocycles. The lowest BCUT2D eigenvalue weighted by Gasteiger charge is -2.10. The molecule has 2 N–H and O–H groups in total. The minimum Gasteiger partial charge on any atom is -0.360 e. The first-order chi connectivity index (χ1) is 7.28. The number of anilines is 1. The number of benzene rings is 1. The van der Waals surface area contributed by atoms with E-state index in [4.69, 9.17) is 12.2 Å². The Morgan fingerprint density at radius 2 is 2.27 bits per heavy atom. The summed E-state index contributed by atoms with van der Waals surface area (Å²) in [6.45, 7) is 2.15. The first-order valence-electron chi connectivity index (χ1n) is 5.44. The third-order valence-electron chi connectivity index (χ3n) is 2.51. The van der Waals surface area contributed by atoms with Crippen LogP contribution in [-0.4, -0.2) is 11.2 Å². The van der Waals surface area contributed by atoms with Crippen molar-refractivity contribution in [1.82, 2.24) is 5.32 Å². The van der Waals surface area contributed by atoms with Crippen LogP contribution in [0.5, 0.6) is 0 Å². The van der Waals surface area contributed by atoms with Crippen LogP contribution in [-0.2, 0) is 6.42 Å². The number of rotatable bonds is 3. The first kappa shape index (κ1) is 10.4. The average Bonchev–Trinajstić information content (AvgIpc) is 3.02. The van der Waals surface area contributed by atoms with Crippen molar-refractivity contribution in [3.8, 4) is 0 Å². The summed E-state index contributed by atoms with van der Waals surface area (Å²) in [7, 11) is 0. The van der Waals surface area contributed by atoms with Crippen LogP contribution in [0, 0.1) is 0 Å². The second kappa shape index (κ2) is 4.62. The quantitative estimate of drug-likeness (QED) is 0.766. The van der Waals surface area contributed by atoms with E-state index in [1.165, 1.54) is 18.4 Å². The fourth-order valence-electron chi connectivity index (χ4n) is 1.45. The molecule has 0 radical (unpaired) electrons. The van der Waals surface area contributed by atoms with Crippen molar-refractivity contribution in [2.24, 2.45) is 0 Å².